The van der Waals surface area contributed by atoms with Crippen molar-refractivity contribution >= 4 is 21.5 Å². The molecule has 0 radical (unpaired) electrons. The lowest BCUT2D eigenvalue weighted by Gasteiger charge is -2.10. The quantitative estimate of drug-likeness (QED) is 0.902. The Labute approximate surface area is 118 Å². The number of sulfonamides is 1. The van der Waals surface area contributed by atoms with Crippen LogP contribution in [0.5, 0.6) is 0 Å². The Morgan fingerprint density at radius 3 is 2.15 bits per heavy atom. The largest absolute Gasteiger partial charge is 0.381 e. The zero-order valence-electron chi connectivity index (χ0n) is 11.9. The van der Waals surface area contributed by atoms with Gasteiger partial charge in [0.2, 0.25) is 0 Å². The Balaban J connectivity index is 2.46. The first-order chi connectivity index (χ1) is 9.20. The molecule has 0 saturated heterocycles. The molecule has 0 aliphatic carbocycles. The minimum atomic E-state index is -3.75. The van der Waals surface area contributed by atoms with Gasteiger partial charge in [0.15, 0.2) is 10.7 Å². The Bertz CT molecular complexity index is 743. The number of benzene rings is 1. The summed E-state index contributed by atoms with van der Waals surface area (Å²) in [5.41, 5.74) is 8.68. The van der Waals surface area contributed by atoms with Crippen molar-refractivity contribution in [3.05, 3.63) is 35.0 Å². The van der Waals surface area contributed by atoms with Crippen LogP contribution in [0.15, 0.2) is 23.1 Å². The van der Waals surface area contributed by atoms with Crippen molar-refractivity contribution in [1.82, 2.24) is 9.78 Å². The van der Waals surface area contributed by atoms with Crippen molar-refractivity contribution in [2.24, 2.45) is 7.05 Å². The van der Waals surface area contributed by atoms with Gasteiger partial charge in [-0.2, -0.15) is 5.10 Å². The molecule has 0 bridgehead atoms. The van der Waals surface area contributed by atoms with Gasteiger partial charge in [-0.25, -0.2) is 8.42 Å². The second-order valence-corrected chi connectivity index (χ2v) is 6.52. The molecule has 2 aromatic rings. The monoisotopic (exact) mass is 294 g/mol. The Hall–Kier alpha value is -2.02. The van der Waals surface area contributed by atoms with Gasteiger partial charge in [0, 0.05) is 12.7 Å². The highest BCUT2D eigenvalue weighted by Gasteiger charge is 2.24. The fraction of sp³-hybridized carbons (Fsp3) is 0.308. The van der Waals surface area contributed by atoms with Crippen molar-refractivity contribution in [2.75, 3.05) is 10.5 Å². The normalized spacial score (nSPS) is 11.6. The average molecular weight is 294 g/mol. The summed E-state index contributed by atoms with van der Waals surface area (Å²) in [6, 6.07) is 5.51. The maximum atomic E-state index is 12.4. The Morgan fingerprint density at radius 2 is 1.70 bits per heavy atom. The van der Waals surface area contributed by atoms with Crippen LogP contribution in [-0.2, 0) is 17.1 Å². The first-order valence-corrected chi connectivity index (χ1v) is 7.59. The maximum absolute atomic E-state index is 12.4. The van der Waals surface area contributed by atoms with Crippen LogP contribution in [0.2, 0.25) is 0 Å². The number of aromatic nitrogens is 2. The van der Waals surface area contributed by atoms with Crippen LogP contribution in [0.1, 0.15) is 16.8 Å². The molecule has 7 heteroatoms. The second kappa shape index (κ2) is 4.82. The molecule has 1 aromatic carbocycles. The summed E-state index contributed by atoms with van der Waals surface area (Å²) in [6.45, 7) is 5.49. The predicted molar refractivity (Wildman–Crippen MR) is 79.1 cm³/mol. The summed E-state index contributed by atoms with van der Waals surface area (Å²) in [6.07, 6.45) is 0. The summed E-state index contributed by atoms with van der Waals surface area (Å²) < 4.78 is 28.9. The number of hydrogen-bond donors (Lipinski definition) is 2. The van der Waals surface area contributed by atoms with E-state index in [1.165, 1.54) is 4.68 Å². The van der Waals surface area contributed by atoms with E-state index in [1.807, 2.05) is 19.9 Å². The fourth-order valence-electron chi connectivity index (χ4n) is 2.19. The predicted octanol–water partition coefficient (Wildman–Crippen LogP) is 1.73. The van der Waals surface area contributed by atoms with Crippen LogP contribution in [-0.4, -0.2) is 18.2 Å². The average Bonchev–Trinajstić information content (AvgIpc) is 2.50. The van der Waals surface area contributed by atoms with Gasteiger partial charge in [0.1, 0.15) is 0 Å². The fourth-order valence-corrected chi connectivity index (χ4v) is 3.55. The molecule has 108 valence electrons. The van der Waals surface area contributed by atoms with Crippen LogP contribution in [0.4, 0.5) is 11.5 Å². The molecule has 0 aliphatic rings. The van der Waals surface area contributed by atoms with Crippen LogP contribution in [0.25, 0.3) is 0 Å². The molecule has 3 N–H and O–H groups in total. The molecule has 2 rings (SSSR count). The number of nitrogen functional groups attached to an aromatic ring is 1. The van der Waals surface area contributed by atoms with E-state index >= 15 is 0 Å². The lowest BCUT2D eigenvalue weighted by atomic mass is 10.1. The topological polar surface area (TPSA) is 90.0 Å². The van der Waals surface area contributed by atoms with E-state index in [2.05, 4.69) is 9.82 Å². The van der Waals surface area contributed by atoms with Gasteiger partial charge in [0.05, 0.1) is 5.69 Å². The van der Waals surface area contributed by atoms with Gasteiger partial charge in [-0.3, -0.25) is 9.40 Å². The molecular weight excluding hydrogens is 276 g/mol. The van der Waals surface area contributed by atoms with Crippen molar-refractivity contribution in [3.8, 4) is 0 Å². The van der Waals surface area contributed by atoms with Gasteiger partial charge in [-0.05, 0) is 44.0 Å². The number of nitrogens with zero attached hydrogens (tertiary/aromatic N) is 2. The van der Waals surface area contributed by atoms with Gasteiger partial charge in [-0.15, -0.1) is 0 Å². The van der Waals surface area contributed by atoms with Crippen molar-refractivity contribution in [3.63, 3.8) is 0 Å². The summed E-state index contributed by atoms with van der Waals surface area (Å²) >= 11 is 0. The summed E-state index contributed by atoms with van der Waals surface area (Å²) in [5.74, 6) is 0.00174. The van der Waals surface area contributed by atoms with E-state index < -0.39 is 10.0 Å². The number of anilines is 2. The third-order valence-electron chi connectivity index (χ3n) is 3.05. The summed E-state index contributed by atoms with van der Waals surface area (Å²) in [4.78, 5) is 0.0270. The molecule has 0 saturated carbocycles. The van der Waals surface area contributed by atoms with E-state index in [0.717, 1.165) is 11.1 Å². The van der Waals surface area contributed by atoms with E-state index in [9.17, 15) is 8.42 Å². The standard InChI is InChI=1S/C13H18N4O2S/c1-8-5-9(2)7-11(6-8)16-20(18,19)12-10(3)17(4)15-13(12)14/h5-7,16H,1-4H3,(H2,14,15). The maximum Gasteiger partial charge on any atom is 0.267 e. The van der Waals surface area contributed by atoms with Crippen molar-refractivity contribution in [2.45, 2.75) is 25.7 Å². The first kappa shape index (κ1) is 14.4. The number of rotatable bonds is 3. The van der Waals surface area contributed by atoms with Gasteiger partial charge < -0.3 is 5.73 Å². The molecule has 0 aliphatic heterocycles. The van der Waals surface area contributed by atoms with Crippen LogP contribution in [0, 0.1) is 20.8 Å². The molecule has 0 fully saturated rings. The summed E-state index contributed by atoms with van der Waals surface area (Å²) in [7, 11) is -2.09. The minimum absolute atomic E-state index is 0.00174. The second-order valence-electron chi connectivity index (χ2n) is 4.91. The Kier molecular flexibility index (Phi) is 3.47. The first-order valence-electron chi connectivity index (χ1n) is 6.11. The highest BCUT2D eigenvalue weighted by Crippen LogP contribution is 2.24. The third kappa shape index (κ3) is 2.62. The van der Waals surface area contributed by atoms with Crippen LogP contribution < -0.4 is 10.5 Å². The van der Waals surface area contributed by atoms with E-state index in [4.69, 9.17) is 5.73 Å². The van der Waals surface area contributed by atoms with Gasteiger partial charge in [-0.1, -0.05) is 6.07 Å². The SMILES string of the molecule is Cc1cc(C)cc(NS(=O)(=O)c2c(N)nn(C)c2C)c1. The molecule has 0 unspecified atom stereocenters. The number of hydrogen-bond acceptors (Lipinski definition) is 4. The molecule has 0 amide bonds. The van der Waals surface area contributed by atoms with E-state index in [-0.39, 0.29) is 10.7 Å². The smallest absolute Gasteiger partial charge is 0.267 e. The van der Waals surface area contributed by atoms with E-state index in [0.29, 0.717) is 11.4 Å². The zero-order valence-corrected chi connectivity index (χ0v) is 12.7. The number of nitrogens with one attached hydrogen (secondary N) is 1. The summed E-state index contributed by atoms with van der Waals surface area (Å²) in [5, 5.41) is 3.93. The number of nitrogens with two attached hydrogens (primary N) is 1. The zero-order chi connectivity index (χ0) is 15.1. The van der Waals surface area contributed by atoms with Crippen LogP contribution in [0.3, 0.4) is 0 Å². The minimum Gasteiger partial charge on any atom is -0.381 e. The molecular formula is C13H18N4O2S. The molecule has 6 nitrogen and oxygen atoms in total. The molecule has 1 aromatic heterocycles. The highest BCUT2D eigenvalue weighted by atomic mass is 32.2. The number of aryl methyl sites for hydroxylation is 3. The third-order valence-corrected chi connectivity index (χ3v) is 4.59. The van der Waals surface area contributed by atoms with Gasteiger partial charge >= 0.3 is 0 Å². The molecule has 20 heavy (non-hydrogen) atoms. The lowest BCUT2D eigenvalue weighted by molar-refractivity contribution is 0.600. The highest BCUT2D eigenvalue weighted by molar-refractivity contribution is 7.93. The Morgan fingerprint density at radius 1 is 1.15 bits per heavy atom. The molecule has 0 spiro atoms. The molecule has 0 atom stereocenters. The van der Waals surface area contributed by atoms with Crippen LogP contribution >= 0.6 is 0 Å². The molecule has 1 heterocycles. The van der Waals surface area contributed by atoms with Crippen molar-refractivity contribution in [1.29, 1.82) is 0 Å². The lowest BCUT2D eigenvalue weighted by Crippen LogP contribution is -2.15. The van der Waals surface area contributed by atoms with E-state index in [1.54, 1.807) is 26.1 Å². The van der Waals surface area contributed by atoms with Gasteiger partial charge in [0.25, 0.3) is 10.0 Å². The van der Waals surface area contributed by atoms with Crippen molar-refractivity contribution < 1.29 is 8.42 Å².